The number of H-pyrrole nitrogens is 1. The van der Waals surface area contributed by atoms with Crippen LogP contribution in [0.2, 0.25) is 0 Å². The first-order chi connectivity index (χ1) is 11.6. The molecule has 0 saturated carbocycles. The average molecular weight is 323 g/mol. The van der Waals surface area contributed by atoms with E-state index in [0.717, 1.165) is 12.1 Å². The lowest BCUT2D eigenvalue weighted by molar-refractivity contribution is -0.660. The number of amides is 1. The van der Waals surface area contributed by atoms with Crippen molar-refractivity contribution in [2.45, 2.75) is 20.3 Å². The number of carbonyl (C=O) groups is 1. The Bertz CT molecular complexity index is 923. The van der Waals surface area contributed by atoms with Gasteiger partial charge in [-0.25, -0.2) is 4.79 Å². The van der Waals surface area contributed by atoms with Crippen molar-refractivity contribution in [3.63, 3.8) is 0 Å². The maximum absolute atomic E-state index is 12.3. The minimum Gasteiger partial charge on any atom is -0.323 e. The van der Waals surface area contributed by atoms with Gasteiger partial charge >= 0.3 is 5.56 Å². The molecule has 0 bridgehead atoms. The number of hydrogen-bond acceptors (Lipinski definition) is 2. The number of carbonyl (C=O) groups excluding carboxylic acids is 1. The molecule has 0 atom stereocenters. The molecule has 24 heavy (non-hydrogen) atoms. The van der Waals surface area contributed by atoms with Crippen LogP contribution < -0.4 is 15.6 Å². The summed E-state index contributed by atoms with van der Waals surface area (Å²) in [6.07, 6.45) is 2.40. The number of hydrogen-bond donors (Lipinski definition) is 2. The van der Waals surface area contributed by atoms with Gasteiger partial charge in [-0.2, -0.15) is 0 Å². The number of nitrogens with zero attached hydrogens (tertiary/aromatic N) is 2. The molecule has 2 N–H and O–H groups in total. The van der Waals surface area contributed by atoms with Crippen LogP contribution in [-0.4, -0.2) is 15.8 Å². The second-order valence-electron chi connectivity index (χ2n) is 5.49. The first-order valence-electron chi connectivity index (χ1n) is 7.78. The highest BCUT2D eigenvalue weighted by atomic mass is 16.1. The van der Waals surface area contributed by atoms with Crippen LogP contribution in [0.25, 0.3) is 11.4 Å². The molecule has 0 fully saturated rings. The number of rotatable bonds is 4. The van der Waals surface area contributed by atoms with Gasteiger partial charge in [-0.1, -0.05) is 41.1 Å². The van der Waals surface area contributed by atoms with Gasteiger partial charge in [0, 0.05) is 6.92 Å². The maximum atomic E-state index is 12.3. The Balaban J connectivity index is 2.03. The number of para-hydroxylation sites is 2. The van der Waals surface area contributed by atoms with Gasteiger partial charge in [0.1, 0.15) is 0 Å². The van der Waals surface area contributed by atoms with Crippen LogP contribution in [0, 0.1) is 0 Å². The van der Waals surface area contributed by atoms with Crippen molar-refractivity contribution in [2.24, 2.45) is 0 Å². The van der Waals surface area contributed by atoms with E-state index in [2.05, 4.69) is 17.5 Å². The largest absolute Gasteiger partial charge is 0.398 e. The second-order valence-corrected chi connectivity index (χ2v) is 5.49. The van der Waals surface area contributed by atoms with E-state index in [1.807, 2.05) is 42.5 Å². The van der Waals surface area contributed by atoms with Crippen molar-refractivity contribution in [3.05, 3.63) is 70.6 Å². The van der Waals surface area contributed by atoms with E-state index >= 15 is 0 Å². The standard InChI is InChI=1S/C18H18N4O2/c1-3-14-8-10-15(11-9-14)22-18(24)12-21(20-22)17-7-5-4-6-16(17)19-13(2)23/h4-12H,3H2,1-2H3,(H-,19,20,23,24)/p+1. The lowest BCUT2D eigenvalue weighted by Crippen LogP contribution is -2.34. The number of aromatic nitrogens is 3. The van der Waals surface area contributed by atoms with Gasteiger partial charge in [0.15, 0.2) is 11.4 Å². The lowest BCUT2D eigenvalue weighted by Gasteiger charge is -2.05. The maximum Gasteiger partial charge on any atom is 0.398 e. The molecule has 0 saturated heterocycles. The summed E-state index contributed by atoms with van der Waals surface area (Å²) in [6, 6.07) is 15.1. The predicted molar refractivity (Wildman–Crippen MR) is 91.6 cm³/mol. The second kappa shape index (κ2) is 6.54. The molecule has 1 amide bonds. The van der Waals surface area contributed by atoms with Crippen LogP contribution in [0.5, 0.6) is 0 Å². The zero-order valence-electron chi connectivity index (χ0n) is 13.6. The Hall–Kier alpha value is -3.15. The molecule has 0 aliphatic carbocycles. The molecule has 1 heterocycles. The summed E-state index contributed by atoms with van der Waals surface area (Å²) in [5, 5.41) is 5.80. The van der Waals surface area contributed by atoms with E-state index in [1.54, 1.807) is 10.7 Å². The molecule has 0 radical (unpaired) electrons. The molecule has 122 valence electrons. The highest BCUT2D eigenvalue weighted by Crippen LogP contribution is 2.14. The van der Waals surface area contributed by atoms with Crippen LogP contribution in [0.3, 0.4) is 0 Å². The third-order valence-electron chi connectivity index (χ3n) is 3.74. The molecular formula is C18H19N4O2+. The van der Waals surface area contributed by atoms with Crippen molar-refractivity contribution in [1.82, 2.24) is 9.90 Å². The fraction of sp³-hybridized carbons (Fsp3) is 0.167. The molecule has 0 aliphatic rings. The quantitative estimate of drug-likeness (QED) is 0.721. The highest BCUT2D eigenvalue weighted by molar-refractivity contribution is 5.90. The number of nitrogens with one attached hydrogen (secondary N) is 2. The number of aromatic amines is 1. The fourth-order valence-corrected chi connectivity index (χ4v) is 2.52. The first-order valence-corrected chi connectivity index (χ1v) is 7.78. The predicted octanol–water partition coefficient (Wildman–Crippen LogP) is 1.96. The summed E-state index contributed by atoms with van der Waals surface area (Å²) in [6.45, 7) is 3.54. The van der Waals surface area contributed by atoms with Gasteiger partial charge in [0.2, 0.25) is 12.1 Å². The summed E-state index contributed by atoms with van der Waals surface area (Å²) in [5.74, 6) is -0.167. The normalized spacial score (nSPS) is 10.6. The molecule has 3 aromatic rings. The van der Waals surface area contributed by atoms with Gasteiger partial charge in [-0.15, -0.1) is 4.68 Å². The molecule has 6 heteroatoms. The Morgan fingerprint density at radius 1 is 1.17 bits per heavy atom. The Kier molecular flexibility index (Phi) is 4.29. The Morgan fingerprint density at radius 3 is 2.54 bits per heavy atom. The third-order valence-corrected chi connectivity index (χ3v) is 3.74. The molecule has 2 aromatic carbocycles. The van der Waals surface area contributed by atoms with E-state index < -0.39 is 0 Å². The minimum atomic E-state index is -0.183. The zero-order valence-corrected chi connectivity index (χ0v) is 13.6. The molecule has 0 aliphatic heterocycles. The molecule has 0 spiro atoms. The molecule has 1 aromatic heterocycles. The van der Waals surface area contributed by atoms with Crippen LogP contribution in [0.4, 0.5) is 5.69 Å². The first kappa shape index (κ1) is 15.7. The number of aryl methyl sites for hydroxylation is 1. The van der Waals surface area contributed by atoms with E-state index in [9.17, 15) is 9.59 Å². The fourth-order valence-electron chi connectivity index (χ4n) is 2.52. The van der Waals surface area contributed by atoms with Gasteiger partial charge < -0.3 is 5.32 Å². The molecule has 0 unspecified atom stereocenters. The van der Waals surface area contributed by atoms with Crippen LogP contribution >= 0.6 is 0 Å². The SMILES string of the molecule is CCc1ccc(-n2[nH][n+](-c3ccccc3NC(C)=O)cc2=O)cc1. The topological polar surface area (TPSA) is 70.8 Å². The molecule has 3 rings (SSSR count). The van der Waals surface area contributed by atoms with Crippen molar-refractivity contribution in [1.29, 1.82) is 0 Å². The van der Waals surface area contributed by atoms with Crippen molar-refractivity contribution < 1.29 is 9.48 Å². The minimum absolute atomic E-state index is 0.167. The summed E-state index contributed by atoms with van der Waals surface area (Å²) in [7, 11) is 0. The smallest absolute Gasteiger partial charge is 0.323 e. The van der Waals surface area contributed by atoms with Crippen molar-refractivity contribution >= 4 is 11.6 Å². The number of anilines is 1. The number of benzene rings is 2. The summed E-state index contributed by atoms with van der Waals surface area (Å²) in [4.78, 5) is 23.7. The van der Waals surface area contributed by atoms with Gasteiger partial charge in [-0.3, -0.25) is 4.79 Å². The van der Waals surface area contributed by atoms with Gasteiger partial charge in [0.05, 0.1) is 5.69 Å². The summed E-state index contributed by atoms with van der Waals surface area (Å²) in [5.41, 5.74) is 3.10. The third kappa shape index (κ3) is 3.12. The van der Waals surface area contributed by atoms with Crippen LogP contribution in [-0.2, 0) is 11.2 Å². The lowest BCUT2D eigenvalue weighted by atomic mass is 10.1. The van der Waals surface area contributed by atoms with Gasteiger partial charge in [0.25, 0.3) is 0 Å². The van der Waals surface area contributed by atoms with Crippen molar-refractivity contribution in [3.8, 4) is 11.4 Å². The molecule has 6 nitrogen and oxygen atoms in total. The van der Waals surface area contributed by atoms with Gasteiger partial charge in [-0.05, 0) is 36.2 Å². The van der Waals surface area contributed by atoms with E-state index in [0.29, 0.717) is 11.4 Å². The average Bonchev–Trinajstić information content (AvgIpc) is 2.96. The highest BCUT2D eigenvalue weighted by Gasteiger charge is 2.17. The zero-order chi connectivity index (χ0) is 17.1. The molecular weight excluding hydrogens is 304 g/mol. The van der Waals surface area contributed by atoms with Crippen LogP contribution in [0.15, 0.2) is 59.5 Å². The van der Waals surface area contributed by atoms with Crippen molar-refractivity contribution in [2.75, 3.05) is 5.32 Å². The van der Waals surface area contributed by atoms with Crippen LogP contribution in [0.1, 0.15) is 19.4 Å². The van der Waals surface area contributed by atoms with E-state index in [4.69, 9.17) is 0 Å². The Labute approximate surface area is 139 Å². The Morgan fingerprint density at radius 2 is 1.88 bits per heavy atom. The monoisotopic (exact) mass is 323 g/mol. The summed E-state index contributed by atoms with van der Waals surface area (Å²) >= 11 is 0. The van der Waals surface area contributed by atoms with E-state index in [1.165, 1.54) is 23.4 Å². The summed E-state index contributed by atoms with van der Waals surface area (Å²) < 4.78 is 3.06. The van der Waals surface area contributed by atoms with E-state index in [-0.39, 0.29) is 11.5 Å².